The number of benzene rings is 2. The van der Waals surface area contributed by atoms with E-state index in [0.29, 0.717) is 62.2 Å². The van der Waals surface area contributed by atoms with Crippen LogP contribution in [0, 0.1) is 5.82 Å². The highest BCUT2D eigenvalue weighted by Gasteiger charge is 2.33. The fraction of sp³-hybridized carbons (Fsp3) is 0.464. The van der Waals surface area contributed by atoms with Crippen LogP contribution in [0.15, 0.2) is 53.1 Å². The first-order chi connectivity index (χ1) is 17.2. The van der Waals surface area contributed by atoms with Gasteiger partial charge in [-0.3, -0.25) is 9.69 Å². The second-order valence-electron chi connectivity index (χ2n) is 10.2. The summed E-state index contributed by atoms with van der Waals surface area (Å²) in [6, 6.07) is 14.7. The van der Waals surface area contributed by atoms with Crippen LogP contribution in [-0.4, -0.2) is 65.1 Å². The van der Waals surface area contributed by atoms with Gasteiger partial charge in [0.05, 0.1) is 5.69 Å². The summed E-state index contributed by atoms with van der Waals surface area (Å²) >= 11 is 0. The molecule has 2 aromatic carbocycles. The standard InChI is InChI=1S/C28H36FN5O2/c1-6-32(7-2)26(35)24(20-11-9-8-10-12-20)34-17-15-33(16-18-34)23-14-13-21(19-22(23)29)25-30-27(36-31-25)28(3,4)5/h8-14,19,24H,6-7,15-18H2,1-5H3. The summed E-state index contributed by atoms with van der Waals surface area (Å²) < 4.78 is 20.6. The fourth-order valence-electron chi connectivity index (χ4n) is 4.62. The van der Waals surface area contributed by atoms with Gasteiger partial charge >= 0.3 is 0 Å². The van der Waals surface area contributed by atoms with Crippen LogP contribution in [0.25, 0.3) is 11.4 Å². The first-order valence-electron chi connectivity index (χ1n) is 12.7. The lowest BCUT2D eigenvalue weighted by molar-refractivity contribution is -0.137. The molecular formula is C28H36FN5O2. The Hall–Kier alpha value is -3.26. The molecule has 1 amide bonds. The molecule has 0 spiro atoms. The van der Waals surface area contributed by atoms with E-state index in [1.54, 1.807) is 6.07 Å². The Morgan fingerprint density at radius 2 is 1.72 bits per heavy atom. The lowest BCUT2D eigenvalue weighted by Crippen LogP contribution is -2.51. The number of nitrogens with zero attached hydrogens (tertiary/aromatic N) is 5. The molecule has 1 fully saturated rings. The first-order valence-corrected chi connectivity index (χ1v) is 12.7. The molecule has 0 N–H and O–H groups in total. The Labute approximate surface area is 212 Å². The van der Waals surface area contributed by atoms with Crippen molar-refractivity contribution < 1.29 is 13.7 Å². The van der Waals surface area contributed by atoms with E-state index in [2.05, 4.69) is 15.0 Å². The maximum atomic E-state index is 15.2. The molecule has 0 bridgehead atoms. The number of piperazine rings is 1. The van der Waals surface area contributed by atoms with Crippen molar-refractivity contribution in [2.45, 2.75) is 46.1 Å². The van der Waals surface area contributed by atoms with Crippen molar-refractivity contribution in [3.8, 4) is 11.4 Å². The van der Waals surface area contributed by atoms with Gasteiger partial charge in [-0.25, -0.2) is 4.39 Å². The highest BCUT2D eigenvalue weighted by Crippen LogP contribution is 2.30. The third kappa shape index (κ3) is 5.43. The van der Waals surface area contributed by atoms with Crippen LogP contribution >= 0.6 is 0 Å². The molecule has 1 aliphatic rings. The van der Waals surface area contributed by atoms with E-state index in [1.165, 1.54) is 6.07 Å². The maximum absolute atomic E-state index is 15.2. The number of aromatic nitrogens is 2. The smallest absolute Gasteiger partial charge is 0.244 e. The molecule has 0 radical (unpaired) electrons. The molecule has 7 nitrogen and oxygen atoms in total. The number of anilines is 1. The summed E-state index contributed by atoms with van der Waals surface area (Å²) in [7, 11) is 0. The van der Waals surface area contributed by atoms with Crippen molar-refractivity contribution in [3.05, 3.63) is 65.8 Å². The van der Waals surface area contributed by atoms with Crippen LogP contribution in [0.2, 0.25) is 0 Å². The molecule has 0 aliphatic carbocycles. The Balaban J connectivity index is 1.49. The lowest BCUT2D eigenvalue weighted by atomic mass is 9.97. The molecule has 1 aromatic heterocycles. The molecule has 1 aliphatic heterocycles. The SMILES string of the molecule is CCN(CC)C(=O)C(c1ccccc1)N1CCN(c2ccc(-c3noc(C(C)(C)C)n3)cc2F)CC1. The predicted molar refractivity (Wildman–Crippen MR) is 139 cm³/mol. The predicted octanol–water partition coefficient (Wildman–Crippen LogP) is 4.90. The van der Waals surface area contributed by atoms with Crippen LogP contribution in [0.1, 0.15) is 52.1 Å². The van der Waals surface area contributed by atoms with Crippen molar-refractivity contribution in [1.82, 2.24) is 19.9 Å². The first kappa shape index (κ1) is 25.8. The topological polar surface area (TPSA) is 65.7 Å². The number of amides is 1. The van der Waals surface area contributed by atoms with Gasteiger partial charge in [0.25, 0.3) is 0 Å². The van der Waals surface area contributed by atoms with E-state index in [4.69, 9.17) is 4.52 Å². The number of halogens is 1. The quantitative estimate of drug-likeness (QED) is 0.466. The van der Waals surface area contributed by atoms with Crippen LogP contribution in [0.5, 0.6) is 0 Å². The summed E-state index contributed by atoms with van der Waals surface area (Å²) in [5, 5.41) is 4.03. The molecular weight excluding hydrogens is 457 g/mol. The zero-order chi connectivity index (χ0) is 25.9. The van der Waals surface area contributed by atoms with E-state index >= 15 is 4.39 Å². The Kier molecular flexibility index (Phi) is 7.73. The van der Waals surface area contributed by atoms with Gasteiger partial charge in [0.1, 0.15) is 11.9 Å². The lowest BCUT2D eigenvalue weighted by Gasteiger charge is -2.41. The number of likely N-dealkylation sites (N-methyl/N-ethyl adjacent to an activating group) is 1. The fourth-order valence-corrected chi connectivity index (χ4v) is 4.62. The Morgan fingerprint density at radius 1 is 1.06 bits per heavy atom. The Bertz CT molecular complexity index is 1160. The van der Waals surface area contributed by atoms with Crippen LogP contribution in [-0.2, 0) is 10.2 Å². The van der Waals surface area contributed by atoms with Gasteiger partial charge in [-0.1, -0.05) is 56.3 Å². The monoisotopic (exact) mass is 493 g/mol. The van der Waals surface area contributed by atoms with E-state index < -0.39 is 0 Å². The molecule has 36 heavy (non-hydrogen) atoms. The summed E-state index contributed by atoms with van der Waals surface area (Å²) in [5.74, 6) is 0.702. The van der Waals surface area contributed by atoms with Gasteiger partial charge in [-0.2, -0.15) is 4.98 Å². The zero-order valence-corrected chi connectivity index (χ0v) is 21.9. The van der Waals surface area contributed by atoms with Crippen molar-refractivity contribution in [2.75, 3.05) is 44.2 Å². The average Bonchev–Trinajstić information content (AvgIpc) is 3.37. The van der Waals surface area contributed by atoms with Crippen LogP contribution < -0.4 is 4.90 Å². The van der Waals surface area contributed by atoms with Gasteiger partial charge in [-0.15, -0.1) is 0 Å². The normalized spacial score (nSPS) is 15.7. The number of rotatable bonds is 7. The van der Waals surface area contributed by atoms with Crippen molar-refractivity contribution in [2.24, 2.45) is 0 Å². The van der Waals surface area contributed by atoms with E-state index in [1.807, 2.05) is 80.8 Å². The summed E-state index contributed by atoms with van der Waals surface area (Å²) in [4.78, 5) is 24.0. The van der Waals surface area contributed by atoms with Crippen molar-refractivity contribution in [1.29, 1.82) is 0 Å². The van der Waals surface area contributed by atoms with Gasteiger partial charge in [0.2, 0.25) is 17.6 Å². The van der Waals surface area contributed by atoms with Crippen molar-refractivity contribution >= 4 is 11.6 Å². The minimum absolute atomic E-state index is 0.116. The summed E-state index contributed by atoms with van der Waals surface area (Å²) in [6.07, 6.45) is 0. The third-order valence-electron chi connectivity index (χ3n) is 6.72. The van der Waals surface area contributed by atoms with Gasteiger partial charge in [-0.05, 0) is 37.6 Å². The third-order valence-corrected chi connectivity index (χ3v) is 6.72. The van der Waals surface area contributed by atoms with Crippen LogP contribution in [0.4, 0.5) is 10.1 Å². The van der Waals surface area contributed by atoms with Gasteiger partial charge in [0.15, 0.2) is 0 Å². The number of hydrogen-bond donors (Lipinski definition) is 0. The summed E-state index contributed by atoms with van der Waals surface area (Å²) in [5.41, 5.74) is 1.86. The highest BCUT2D eigenvalue weighted by atomic mass is 19.1. The molecule has 192 valence electrons. The summed E-state index contributed by atoms with van der Waals surface area (Å²) in [6.45, 7) is 13.9. The minimum Gasteiger partial charge on any atom is -0.367 e. The second kappa shape index (κ2) is 10.8. The number of carbonyl (C=O) groups excluding carboxylic acids is 1. The van der Waals surface area contributed by atoms with Gasteiger partial charge in [0, 0.05) is 50.2 Å². The van der Waals surface area contributed by atoms with E-state index in [0.717, 1.165) is 5.56 Å². The minimum atomic E-state index is -0.337. The average molecular weight is 494 g/mol. The molecule has 8 heteroatoms. The maximum Gasteiger partial charge on any atom is 0.244 e. The molecule has 2 heterocycles. The van der Waals surface area contributed by atoms with Crippen molar-refractivity contribution in [3.63, 3.8) is 0 Å². The molecule has 1 unspecified atom stereocenters. The number of hydrogen-bond acceptors (Lipinski definition) is 6. The Morgan fingerprint density at radius 3 is 2.28 bits per heavy atom. The van der Waals surface area contributed by atoms with E-state index in [9.17, 15) is 4.79 Å². The van der Waals surface area contributed by atoms with Crippen LogP contribution in [0.3, 0.4) is 0 Å². The molecule has 1 atom stereocenters. The number of carbonyl (C=O) groups is 1. The molecule has 1 saturated heterocycles. The van der Waals surface area contributed by atoms with Gasteiger partial charge < -0.3 is 14.3 Å². The van der Waals surface area contributed by atoms with E-state index in [-0.39, 0.29) is 23.2 Å². The molecule has 3 aromatic rings. The largest absolute Gasteiger partial charge is 0.367 e. The highest BCUT2D eigenvalue weighted by molar-refractivity contribution is 5.83. The second-order valence-corrected chi connectivity index (χ2v) is 10.2. The molecule has 0 saturated carbocycles. The molecule has 4 rings (SSSR count). The zero-order valence-electron chi connectivity index (χ0n) is 21.9.